The van der Waals surface area contributed by atoms with Gasteiger partial charge >= 0.3 is 6.09 Å². The second kappa shape index (κ2) is 7.65. The van der Waals surface area contributed by atoms with Crippen LogP contribution in [-0.2, 0) is 11.3 Å². The van der Waals surface area contributed by atoms with E-state index >= 15 is 0 Å². The number of ether oxygens (including phenoxy) is 1. The zero-order valence-corrected chi connectivity index (χ0v) is 14.1. The fourth-order valence-electron chi connectivity index (χ4n) is 3.74. The summed E-state index contributed by atoms with van der Waals surface area (Å²) in [5.74, 6) is 0. The van der Waals surface area contributed by atoms with E-state index in [-0.39, 0.29) is 24.4 Å². The highest BCUT2D eigenvalue weighted by atomic mass is 16.6. The van der Waals surface area contributed by atoms with Crippen LogP contribution in [0.4, 0.5) is 10.5 Å². The molecule has 2 aliphatic rings. The van der Waals surface area contributed by atoms with Gasteiger partial charge in [0.25, 0.3) is 5.69 Å². The van der Waals surface area contributed by atoms with Crippen molar-refractivity contribution in [3.63, 3.8) is 0 Å². The Labute approximate surface area is 146 Å². The third-order valence-corrected chi connectivity index (χ3v) is 4.96. The van der Waals surface area contributed by atoms with E-state index in [1.54, 1.807) is 23.1 Å². The van der Waals surface area contributed by atoms with Gasteiger partial charge in [-0.05, 0) is 43.4 Å². The highest BCUT2D eigenvalue weighted by Crippen LogP contribution is 2.30. The van der Waals surface area contributed by atoms with Crippen molar-refractivity contribution in [1.82, 2.24) is 10.2 Å². The molecule has 1 amide bonds. The first-order valence-electron chi connectivity index (χ1n) is 8.60. The van der Waals surface area contributed by atoms with Crippen molar-refractivity contribution >= 4 is 11.8 Å². The Bertz CT molecular complexity index is 634. The van der Waals surface area contributed by atoms with Crippen LogP contribution in [0.25, 0.3) is 0 Å². The van der Waals surface area contributed by atoms with Crippen LogP contribution in [0.1, 0.15) is 31.2 Å². The summed E-state index contributed by atoms with van der Waals surface area (Å²) in [7, 11) is 0. The number of hydrogen-bond acceptors (Lipinski definition) is 5. The topological polar surface area (TPSA) is 84.7 Å². The number of hydrogen-bond donors (Lipinski definition) is 1. The van der Waals surface area contributed by atoms with E-state index in [1.807, 2.05) is 0 Å². The maximum absolute atomic E-state index is 12.5. The smallest absolute Gasteiger partial charge is 0.410 e. The van der Waals surface area contributed by atoms with Crippen molar-refractivity contribution in [2.75, 3.05) is 6.54 Å². The van der Waals surface area contributed by atoms with Gasteiger partial charge in [0.1, 0.15) is 6.61 Å². The number of nitro groups is 1. The minimum Gasteiger partial charge on any atom is -0.445 e. The van der Waals surface area contributed by atoms with Crippen molar-refractivity contribution in [2.24, 2.45) is 0 Å². The molecule has 134 valence electrons. The maximum atomic E-state index is 12.5. The molecule has 0 saturated carbocycles. The lowest BCUT2D eigenvalue weighted by atomic mass is 9.98. The summed E-state index contributed by atoms with van der Waals surface area (Å²) < 4.78 is 5.44. The van der Waals surface area contributed by atoms with Gasteiger partial charge in [0.15, 0.2) is 0 Å². The molecule has 1 aromatic carbocycles. The standard InChI is InChI=1S/C18H23N3O4/c1-2-9-20(17-10-14-5-6-15(11-17)19-14)18(22)25-12-13-3-7-16(8-4-13)21(23)24/h2-4,7-8,14-15,17,19H,1,5-6,9-12H2/t14-,15+,17?. The molecule has 1 unspecified atom stereocenters. The summed E-state index contributed by atoms with van der Waals surface area (Å²) in [6.45, 7) is 4.31. The fraction of sp³-hybridized carbons (Fsp3) is 0.500. The minimum atomic E-state index is -0.451. The minimum absolute atomic E-state index is 0.0218. The zero-order valence-electron chi connectivity index (χ0n) is 14.1. The number of benzene rings is 1. The Hall–Kier alpha value is -2.41. The molecular weight excluding hydrogens is 322 g/mol. The zero-order chi connectivity index (χ0) is 17.8. The van der Waals surface area contributed by atoms with Gasteiger partial charge < -0.3 is 15.0 Å². The third kappa shape index (κ3) is 4.17. The van der Waals surface area contributed by atoms with Gasteiger partial charge in [0.2, 0.25) is 0 Å². The SMILES string of the molecule is C=CCN(C(=O)OCc1ccc([N+](=O)[O-])cc1)C1C[C@H]2CC[C@@H](C1)N2. The molecule has 7 heteroatoms. The van der Waals surface area contributed by atoms with E-state index in [2.05, 4.69) is 11.9 Å². The molecule has 2 heterocycles. The van der Waals surface area contributed by atoms with Crippen molar-refractivity contribution in [1.29, 1.82) is 0 Å². The normalized spacial score (nSPS) is 24.6. The van der Waals surface area contributed by atoms with Crippen LogP contribution in [0.5, 0.6) is 0 Å². The van der Waals surface area contributed by atoms with Crippen LogP contribution in [-0.4, -0.2) is 40.6 Å². The van der Waals surface area contributed by atoms with Crippen LogP contribution in [0.3, 0.4) is 0 Å². The molecule has 2 bridgehead atoms. The molecule has 2 saturated heterocycles. The predicted molar refractivity (Wildman–Crippen MR) is 93.2 cm³/mol. The van der Waals surface area contributed by atoms with Crippen molar-refractivity contribution < 1.29 is 14.5 Å². The molecule has 2 fully saturated rings. The first-order chi connectivity index (χ1) is 12.1. The predicted octanol–water partition coefficient (Wildman–Crippen LogP) is 3.00. The number of rotatable bonds is 6. The number of nitro benzene ring substituents is 1. The number of amides is 1. The summed E-state index contributed by atoms with van der Waals surface area (Å²) in [4.78, 5) is 24.5. The van der Waals surface area contributed by atoms with Crippen molar-refractivity contribution in [3.05, 3.63) is 52.6 Å². The highest BCUT2D eigenvalue weighted by molar-refractivity contribution is 5.68. The van der Waals surface area contributed by atoms with Crippen molar-refractivity contribution in [3.8, 4) is 0 Å². The number of non-ortho nitro benzene ring substituents is 1. The molecule has 0 spiro atoms. The van der Waals surface area contributed by atoms with E-state index in [4.69, 9.17) is 4.74 Å². The number of nitrogens with one attached hydrogen (secondary N) is 1. The summed E-state index contributed by atoms with van der Waals surface area (Å²) in [5.41, 5.74) is 0.747. The second-order valence-electron chi connectivity index (χ2n) is 6.68. The van der Waals surface area contributed by atoms with Crippen LogP contribution in [0, 0.1) is 10.1 Å². The van der Waals surface area contributed by atoms with E-state index in [0.717, 1.165) is 18.4 Å². The summed E-state index contributed by atoms with van der Waals surface area (Å²) in [6, 6.07) is 7.17. The maximum Gasteiger partial charge on any atom is 0.410 e. The third-order valence-electron chi connectivity index (χ3n) is 4.96. The van der Waals surface area contributed by atoms with Gasteiger partial charge in [0, 0.05) is 36.8 Å². The average molecular weight is 345 g/mol. The summed E-state index contributed by atoms with van der Waals surface area (Å²) >= 11 is 0. The van der Waals surface area contributed by atoms with E-state index in [1.165, 1.54) is 25.0 Å². The Morgan fingerprint density at radius 2 is 1.96 bits per heavy atom. The lowest BCUT2D eigenvalue weighted by Gasteiger charge is -2.36. The number of nitrogens with zero attached hydrogens (tertiary/aromatic N) is 2. The molecule has 3 rings (SSSR count). The summed E-state index contributed by atoms with van der Waals surface area (Å²) in [5, 5.41) is 14.2. The summed E-state index contributed by atoms with van der Waals surface area (Å²) in [6.07, 6.45) is 5.58. The lowest BCUT2D eigenvalue weighted by molar-refractivity contribution is -0.384. The van der Waals surface area contributed by atoms with E-state index in [0.29, 0.717) is 18.6 Å². The number of fused-ring (bicyclic) bond motifs is 2. The van der Waals surface area contributed by atoms with Gasteiger partial charge in [-0.25, -0.2) is 4.79 Å². The van der Waals surface area contributed by atoms with Gasteiger partial charge in [-0.3, -0.25) is 10.1 Å². The number of carbonyl (C=O) groups excluding carboxylic acids is 1. The van der Waals surface area contributed by atoms with Gasteiger partial charge in [-0.1, -0.05) is 6.08 Å². The van der Waals surface area contributed by atoms with Crippen molar-refractivity contribution in [2.45, 2.75) is 50.4 Å². The molecule has 2 aliphatic heterocycles. The quantitative estimate of drug-likeness (QED) is 0.487. The van der Waals surface area contributed by atoms with E-state index < -0.39 is 4.92 Å². The lowest BCUT2D eigenvalue weighted by Crippen LogP contribution is -2.50. The first-order valence-corrected chi connectivity index (χ1v) is 8.60. The Balaban J connectivity index is 1.59. The molecule has 0 aliphatic carbocycles. The van der Waals surface area contributed by atoms with Crippen LogP contribution in [0.15, 0.2) is 36.9 Å². The number of piperidine rings is 1. The van der Waals surface area contributed by atoms with E-state index in [9.17, 15) is 14.9 Å². The molecule has 0 aromatic heterocycles. The Morgan fingerprint density at radius 1 is 1.32 bits per heavy atom. The molecule has 1 aromatic rings. The molecular formula is C18H23N3O4. The molecule has 0 radical (unpaired) electrons. The number of carbonyl (C=O) groups is 1. The van der Waals surface area contributed by atoms with Gasteiger partial charge in [-0.15, -0.1) is 6.58 Å². The second-order valence-corrected chi connectivity index (χ2v) is 6.68. The molecule has 7 nitrogen and oxygen atoms in total. The van der Waals surface area contributed by atoms with Crippen LogP contribution >= 0.6 is 0 Å². The molecule has 25 heavy (non-hydrogen) atoms. The molecule has 3 atom stereocenters. The first kappa shape index (κ1) is 17.4. The average Bonchev–Trinajstić information content (AvgIpc) is 2.95. The van der Waals surface area contributed by atoms with Crippen LogP contribution < -0.4 is 5.32 Å². The Kier molecular flexibility index (Phi) is 5.33. The fourth-order valence-corrected chi connectivity index (χ4v) is 3.74. The Morgan fingerprint density at radius 3 is 2.52 bits per heavy atom. The van der Waals surface area contributed by atoms with Crippen LogP contribution in [0.2, 0.25) is 0 Å². The largest absolute Gasteiger partial charge is 0.445 e. The van der Waals surface area contributed by atoms with Gasteiger partial charge in [-0.2, -0.15) is 0 Å². The molecule has 1 N–H and O–H groups in total. The monoisotopic (exact) mass is 345 g/mol. The van der Waals surface area contributed by atoms with Gasteiger partial charge in [0.05, 0.1) is 4.92 Å². The highest BCUT2D eigenvalue weighted by Gasteiger charge is 2.37.